The van der Waals surface area contributed by atoms with Gasteiger partial charge in [-0.15, -0.1) is 0 Å². The quantitative estimate of drug-likeness (QED) is 0.288. The van der Waals surface area contributed by atoms with Crippen molar-refractivity contribution in [2.45, 2.75) is 64.2 Å². The predicted octanol–water partition coefficient (Wildman–Crippen LogP) is 3.63. The maximum atomic E-state index is 9.82. The van der Waals surface area contributed by atoms with Gasteiger partial charge in [-0.25, -0.2) is 5.48 Å². The lowest BCUT2D eigenvalue weighted by Gasteiger charge is -2.01. The topological polar surface area (TPSA) is 61.7 Å². The highest BCUT2D eigenvalue weighted by Crippen LogP contribution is 2.10. The van der Waals surface area contributed by atoms with E-state index in [-0.39, 0.29) is 0 Å². The molecule has 0 aliphatic rings. The molecule has 0 spiro atoms. The van der Waals surface area contributed by atoms with Crippen molar-refractivity contribution < 1.29 is 5.21 Å². The molecule has 0 radical (unpaired) electrons. The van der Waals surface area contributed by atoms with Crippen LogP contribution in [0.25, 0.3) is 0 Å². The van der Waals surface area contributed by atoms with Crippen molar-refractivity contribution in [3.63, 3.8) is 0 Å². The third-order valence-electron chi connectivity index (χ3n) is 2.79. The second-order valence-corrected chi connectivity index (χ2v) is 4.30. The SMILES string of the molecule is O=NCCCCCCCCCCCCNO. The van der Waals surface area contributed by atoms with Crippen molar-refractivity contribution in [1.29, 1.82) is 0 Å². The van der Waals surface area contributed by atoms with Crippen molar-refractivity contribution in [3.8, 4) is 0 Å². The Morgan fingerprint density at radius 2 is 1.19 bits per heavy atom. The Bertz CT molecular complexity index is 143. The summed E-state index contributed by atoms with van der Waals surface area (Å²) in [5.41, 5.74) is 2.17. The van der Waals surface area contributed by atoms with Gasteiger partial charge in [-0.05, 0) is 12.8 Å². The van der Waals surface area contributed by atoms with E-state index >= 15 is 0 Å². The summed E-state index contributed by atoms with van der Waals surface area (Å²) in [4.78, 5) is 9.82. The molecule has 0 saturated carbocycles. The van der Waals surface area contributed by atoms with Crippen molar-refractivity contribution in [2.75, 3.05) is 13.1 Å². The fourth-order valence-corrected chi connectivity index (χ4v) is 1.79. The van der Waals surface area contributed by atoms with E-state index in [2.05, 4.69) is 10.7 Å². The van der Waals surface area contributed by atoms with Gasteiger partial charge in [0.15, 0.2) is 0 Å². The number of hydroxylamine groups is 1. The molecule has 0 bridgehead atoms. The van der Waals surface area contributed by atoms with Gasteiger partial charge in [0.2, 0.25) is 0 Å². The molecular formula is C12H26N2O2. The minimum atomic E-state index is 0.485. The number of rotatable bonds is 13. The molecule has 96 valence electrons. The van der Waals surface area contributed by atoms with Gasteiger partial charge in [0.05, 0.1) is 6.54 Å². The van der Waals surface area contributed by atoms with E-state index in [1.807, 2.05) is 0 Å². The zero-order chi connectivity index (χ0) is 11.9. The van der Waals surface area contributed by atoms with Crippen LogP contribution in [0.2, 0.25) is 0 Å². The van der Waals surface area contributed by atoms with E-state index in [0.29, 0.717) is 13.1 Å². The van der Waals surface area contributed by atoms with Gasteiger partial charge in [0.1, 0.15) is 0 Å². The predicted molar refractivity (Wildman–Crippen MR) is 66.6 cm³/mol. The third kappa shape index (κ3) is 13.5. The highest BCUT2D eigenvalue weighted by molar-refractivity contribution is 4.49. The molecule has 0 aromatic rings. The first kappa shape index (κ1) is 15.5. The standard InChI is InChI=1S/C12H26N2O2/c15-13-11-9-7-5-3-1-2-4-6-8-10-12-14-16/h13,15H,1-12H2. The van der Waals surface area contributed by atoms with Crippen LogP contribution in [0.5, 0.6) is 0 Å². The second-order valence-electron chi connectivity index (χ2n) is 4.30. The Morgan fingerprint density at radius 3 is 1.62 bits per heavy atom. The number of nitrogens with zero attached hydrogens (tertiary/aromatic N) is 1. The smallest absolute Gasteiger partial charge is 0.0811 e. The molecule has 0 heterocycles. The van der Waals surface area contributed by atoms with Crippen molar-refractivity contribution >= 4 is 0 Å². The van der Waals surface area contributed by atoms with Crippen LogP contribution in [0.4, 0.5) is 0 Å². The average Bonchev–Trinajstić information content (AvgIpc) is 2.31. The normalized spacial score (nSPS) is 10.6. The highest BCUT2D eigenvalue weighted by atomic mass is 16.5. The maximum Gasteiger partial charge on any atom is 0.0811 e. The molecule has 0 unspecified atom stereocenters. The first-order valence-electron chi connectivity index (χ1n) is 6.58. The van der Waals surface area contributed by atoms with Crippen LogP contribution in [0.3, 0.4) is 0 Å². The van der Waals surface area contributed by atoms with Gasteiger partial charge in [-0.3, -0.25) is 0 Å². The lowest BCUT2D eigenvalue weighted by atomic mass is 10.1. The van der Waals surface area contributed by atoms with Gasteiger partial charge >= 0.3 is 0 Å². The molecular weight excluding hydrogens is 204 g/mol. The van der Waals surface area contributed by atoms with Crippen LogP contribution in [0, 0.1) is 4.91 Å². The van der Waals surface area contributed by atoms with Crippen LogP contribution >= 0.6 is 0 Å². The fraction of sp³-hybridized carbons (Fsp3) is 1.00. The van der Waals surface area contributed by atoms with E-state index < -0.39 is 0 Å². The molecule has 0 rings (SSSR count). The molecule has 0 aromatic carbocycles. The average molecular weight is 230 g/mol. The number of nitroso groups, excluding NO2 is 1. The lowest BCUT2D eigenvalue weighted by Crippen LogP contribution is -2.07. The van der Waals surface area contributed by atoms with Crippen LogP contribution < -0.4 is 5.48 Å². The Kier molecular flexibility index (Phi) is 14.1. The fourth-order valence-electron chi connectivity index (χ4n) is 1.79. The van der Waals surface area contributed by atoms with Crippen LogP contribution in [0.1, 0.15) is 64.2 Å². The molecule has 2 N–H and O–H groups in total. The van der Waals surface area contributed by atoms with Crippen molar-refractivity contribution in [2.24, 2.45) is 5.18 Å². The second kappa shape index (κ2) is 14.5. The molecule has 0 atom stereocenters. The summed E-state index contributed by atoms with van der Waals surface area (Å²) in [6, 6.07) is 0. The van der Waals surface area contributed by atoms with Crippen molar-refractivity contribution in [3.05, 3.63) is 4.91 Å². The van der Waals surface area contributed by atoms with Gasteiger partial charge in [0, 0.05) is 6.54 Å². The molecule has 4 heteroatoms. The monoisotopic (exact) mass is 230 g/mol. The highest BCUT2D eigenvalue weighted by Gasteiger charge is 1.93. The van der Waals surface area contributed by atoms with E-state index in [4.69, 9.17) is 5.21 Å². The first-order valence-corrected chi connectivity index (χ1v) is 6.58. The third-order valence-corrected chi connectivity index (χ3v) is 2.79. The Labute approximate surface area is 98.7 Å². The number of nitrogens with one attached hydrogen (secondary N) is 1. The van der Waals surface area contributed by atoms with E-state index in [0.717, 1.165) is 19.3 Å². The van der Waals surface area contributed by atoms with Gasteiger partial charge < -0.3 is 5.21 Å². The Morgan fingerprint density at radius 1 is 0.750 bits per heavy atom. The summed E-state index contributed by atoms with van der Waals surface area (Å²) in [7, 11) is 0. The minimum Gasteiger partial charge on any atom is -0.317 e. The Hall–Kier alpha value is -0.480. The van der Waals surface area contributed by atoms with Crippen molar-refractivity contribution in [1.82, 2.24) is 5.48 Å². The number of unbranched alkanes of at least 4 members (excludes halogenated alkanes) is 9. The van der Waals surface area contributed by atoms with E-state index in [1.165, 1.54) is 44.9 Å². The molecule has 0 aliphatic carbocycles. The molecule has 0 amide bonds. The number of hydrogen-bond donors (Lipinski definition) is 2. The molecule has 0 saturated heterocycles. The molecule has 4 nitrogen and oxygen atoms in total. The van der Waals surface area contributed by atoms with Gasteiger partial charge in [0.25, 0.3) is 0 Å². The molecule has 16 heavy (non-hydrogen) atoms. The largest absolute Gasteiger partial charge is 0.317 e. The van der Waals surface area contributed by atoms with Gasteiger partial charge in [-0.1, -0.05) is 56.5 Å². The maximum absolute atomic E-state index is 9.82. The van der Waals surface area contributed by atoms with E-state index in [1.54, 1.807) is 0 Å². The molecule has 0 aliphatic heterocycles. The zero-order valence-corrected chi connectivity index (χ0v) is 10.3. The lowest BCUT2D eigenvalue weighted by molar-refractivity contribution is 0.164. The Balaban J connectivity index is 2.85. The molecule has 0 fully saturated rings. The zero-order valence-electron chi connectivity index (χ0n) is 10.3. The summed E-state index contributed by atoms with van der Waals surface area (Å²) >= 11 is 0. The summed E-state index contributed by atoms with van der Waals surface area (Å²) in [5.74, 6) is 0. The first-order chi connectivity index (χ1) is 7.91. The van der Waals surface area contributed by atoms with Crippen LogP contribution in [0.15, 0.2) is 5.18 Å². The van der Waals surface area contributed by atoms with Crippen LogP contribution in [-0.2, 0) is 0 Å². The van der Waals surface area contributed by atoms with Crippen LogP contribution in [-0.4, -0.2) is 18.3 Å². The summed E-state index contributed by atoms with van der Waals surface area (Å²) in [5, 5.41) is 11.2. The summed E-state index contributed by atoms with van der Waals surface area (Å²) in [6.45, 7) is 1.20. The minimum absolute atomic E-state index is 0.485. The number of hydrogen-bond acceptors (Lipinski definition) is 4. The molecule has 0 aromatic heterocycles. The summed E-state index contributed by atoms with van der Waals surface area (Å²) in [6.07, 6.45) is 12.1. The van der Waals surface area contributed by atoms with Gasteiger partial charge in [-0.2, -0.15) is 4.91 Å². The summed E-state index contributed by atoms with van der Waals surface area (Å²) < 4.78 is 0. The van der Waals surface area contributed by atoms with E-state index in [9.17, 15) is 4.91 Å².